The first-order chi connectivity index (χ1) is 29.3. The van der Waals surface area contributed by atoms with Gasteiger partial charge in [-0.1, -0.05) is 76.6 Å². The zero-order chi connectivity index (χ0) is 46.1. The van der Waals surface area contributed by atoms with E-state index < -0.39 is 95.8 Å². The van der Waals surface area contributed by atoms with Crippen LogP contribution in [0.25, 0.3) is 0 Å². The van der Waals surface area contributed by atoms with Crippen LogP contribution in [0, 0.1) is 11.8 Å². The van der Waals surface area contributed by atoms with Crippen molar-refractivity contribution in [3.63, 3.8) is 0 Å². The number of carboxylic acids is 1. The van der Waals surface area contributed by atoms with Crippen LogP contribution >= 0.6 is 0 Å². The summed E-state index contributed by atoms with van der Waals surface area (Å²) in [7, 11) is 2.68. The van der Waals surface area contributed by atoms with Crippen molar-refractivity contribution in [2.24, 2.45) is 11.8 Å². The van der Waals surface area contributed by atoms with Crippen LogP contribution in [0.1, 0.15) is 84.3 Å². The van der Waals surface area contributed by atoms with E-state index in [1.807, 2.05) is 30.3 Å². The van der Waals surface area contributed by atoms with Gasteiger partial charge in [0.1, 0.15) is 36.0 Å². The van der Waals surface area contributed by atoms with E-state index in [9.17, 15) is 48.6 Å². The number of amides is 7. The molecular formula is C44H63N7O11. The maximum absolute atomic E-state index is 14.7. The number of nitrogens with one attached hydrogen (secondary N) is 5. The number of likely N-dealkylation sites (N-methyl/N-ethyl adjacent to an activating group) is 2. The van der Waals surface area contributed by atoms with E-state index in [0.717, 1.165) is 23.0 Å². The molecule has 1 aliphatic rings. The van der Waals surface area contributed by atoms with Crippen molar-refractivity contribution in [3.05, 3.63) is 65.7 Å². The minimum atomic E-state index is -1.74. The number of aromatic hydroxyl groups is 1. The Morgan fingerprint density at radius 2 is 1.45 bits per heavy atom. The molecule has 1 aliphatic heterocycles. The molecular weight excluding hydrogens is 803 g/mol. The van der Waals surface area contributed by atoms with Crippen molar-refractivity contribution in [1.29, 1.82) is 0 Å². The molecule has 1 heterocycles. The third-order valence-electron chi connectivity index (χ3n) is 11.0. The number of esters is 1. The number of carbonyl (C=O) groups excluding carboxylic acids is 7. The van der Waals surface area contributed by atoms with Crippen molar-refractivity contribution >= 4 is 47.5 Å². The van der Waals surface area contributed by atoms with Crippen molar-refractivity contribution < 1.29 is 53.3 Å². The Morgan fingerprint density at radius 3 is 2.05 bits per heavy atom. The van der Waals surface area contributed by atoms with E-state index in [-0.39, 0.29) is 50.8 Å². The number of carboxylic acid groups (broad SMARTS) is 1. The molecule has 2 aromatic rings. The number of hydrogen-bond donors (Lipinski definition) is 7. The summed E-state index contributed by atoms with van der Waals surface area (Å²) in [6.45, 7) is 7.91. The number of benzene rings is 2. The SMILES string of the molecule is CC[C@H](C)[C@@H](NC(=O)N[C@H]1CCCCNC(=O)[C@H](OC(C)=O)N(C)C(=O)[C@H](CCc2ccc(O)cc2)N(C)C(=O)[C@H](CCc2ccccc2)NC(=O)[C@@H](C(C)C)NC1=O)C(=O)O. The third kappa shape index (κ3) is 15.1. The van der Waals surface area contributed by atoms with Gasteiger partial charge in [0.25, 0.3) is 12.1 Å². The maximum Gasteiger partial charge on any atom is 0.326 e. The number of rotatable bonds is 13. The molecule has 0 unspecified atom stereocenters. The number of phenols is 1. The zero-order valence-electron chi connectivity index (χ0n) is 36.6. The van der Waals surface area contributed by atoms with Crippen molar-refractivity contribution in [2.45, 2.75) is 122 Å². The van der Waals surface area contributed by atoms with Gasteiger partial charge in [-0.05, 0) is 80.0 Å². The second kappa shape index (κ2) is 24.3. The average Bonchev–Trinajstić information content (AvgIpc) is 3.23. The Kier molecular flexibility index (Phi) is 19.7. The van der Waals surface area contributed by atoms with Crippen molar-refractivity contribution in [1.82, 2.24) is 36.4 Å². The number of hydrogen-bond acceptors (Lipinski definition) is 10. The lowest BCUT2D eigenvalue weighted by molar-refractivity contribution is -0.171. The van der Waals surface area contributed by atoms with E-state index in [1.165, 1.54) is 31.1 Å². The number of ether oxygens (including phenoxy) is 1. The minimum absolute atomic E-state index is 0.0000827. The van der Waals surface area contributed by atoms with Gasteiger partial charge in [0, 0.05) is 27.6 Å². The van der Waals surface area contributed by atoms with Gasteiger partial charge in [0.2, 0.25) is 23.6 Å². The standard InChI is InChI=1S/C44H63N7O11/c1-8-27(4)36(43(59)60)49-44(61)47-32-16-12-13-25-45-39(56)42(62-28(5)52)51(7)41(58)34(24-20-30-17-21-31(53)22-18-30)50(6)40(57)33(23-19-29-14-10-9-11-15-29)46-38(55)35(26(2)3)48-37(32)54/h9-11,14-15,17-18,21-22,26-27,32-36,42,53H,8,12-13,16,19-20,23-25H2,1-7H3,(H,45,56)(H,46,55)(H,48,54)(H,59,60)(H2,47,49,61)/t27-,32-,33-,34-,35+,36+,42-/m0/s1. The van der Waals surface area contributed by atoms with Crippen LogP contribution in [0.3, 0.4) is 0 Å². The predicted molar refractivity (Wildman–Crippen MR) is 228 cm³/mol. The number of nitrogens with zero attached hydrogens (tertiary/aromatic N) is 2. The van der Waals surface area contributed by atoms with Gasteiger partial charge in [-0.25, -0.2) is 9.59 Å². The number of phenolic OH excluding ortho intramolecular Hbond substituents is 1. The summed E-state index contributed by atoms with van der Waals surface area (Å²) in [5.41, 5.74) is 1.60. The van der Waals surface area contributed by atoms with Crippen LogP contribution in [0.4, 0.5) is 4.79 Å². The summed E-state index contributed by atoms with van der Waals surface area (Å²) in [5, 5.41) is 32.8. The van der Waals surface area contributed by atoms with Gasteiger partial charge in [0.05, 0.1) is 0 Å². The second-order valence-corrected chi connectivity index (χ2v) is 16.1. The fraction of sp³-hybridized carbons (Fsp3) is 0.545. The number of aryl methyl sites for hydroxylation is 2. The maximum atomic E-state index is 14.7. The Morgan fingerprint density at radius 1 is 0.823 bits per heavy atom. The molecule has 7 atom stereocenters. The average molecular weight is 866 g/mol. The lowest BCUT2D eigenvalue weighted by atomic mass is 9.98. The van der Waals surface area contributed by atoms with Crippen LogP contribution in [0.2, 0.25) is 0 Å². The first-order valence-corrected chi connectivity index (χ1v) is 21.0. The second-order valence-electron chi connectivity index (χ2n) is 16.1. The van der Waals surface area contributed by atoms with Crippen molar-refractivity contribution in [2.75, 3.05) is 20.6 Å². The summed E-state index contributed by atoms with van der Waals surface area (Å²) in [6.07, 6.45) is -0.117. The molecule has 3 rings (SSSR count). The van der Waals surface area contributed by atoms with Gasteiger partial charge in [-0.15, -0.1) is 0 Å². The molecule has 62 heavy (non-hydrogen) atoms. The molecule has 18 nitrogen and oxygen atoms in total. The molecule has 1 saturated heterocycles. The minimum Gasteiger partial charge on any atom is -0.508 e. The van der Waals surface area contributed by atoms with Gasteiger partial charge < -0.3 is 51.3 Å². The highest BCUT2D eigenvalue weighted by molar-refractivity contribution is 5.96. The summed E-state index contributed by atoms with van der Waals surface area (Å²) < 4.78 is 5.35. The third-order valence-corrected chi connectivity index (χ3v) is 11.0. The molecule has 0 aromatic heterocycles. The molecule has 0 bridgehead atoms. The van der Waals surface area contributed by atoms with Crippen LogP contribution in [-0.4, -0.2) is 125 Å². The highest BCUT2D eigenvalue weighted by Gasteiger charge is 2.39. The summed E-state index contributed by atoms with van der Waals surface area (Å²) in [5.74, 6) is -6.69. The molecule has 7 amide bonds. The van der Waals surface area contributed by atoms with Gasteiger partial charge >= 0.3 is 18.0 Å². The Bertz CT molecular complexity index is 1860. The number of aliphatic carboxylic acids is 1. The van der Waals surface area contributed by atoms with Crippen LogP contribution in [0.5, 0.6) is 5.75 Å². The number of carbonyl (C=O) groups is 8. The number of urea groups is 1. The van der Waals surface area contributed by atoms with E-state index in [0.29, 0.717) is 12.8 Å². The van der Waals surface area contributed by atoms with E-state index in [2.05, 4.69) is 26.6 Å². The van der Waals surface area contributed by atoms with E-state index >= 15 is 0 Å². The Hall–Kier alpha value is -6.20. The molecule has 0 radical (unpaired) electrons. The molecule has 1 fully saturated rings. The lowest BCUT2D eigenvalue weighted by Crippen LogP contribution is -2.61. The molecule has 7 N–H and O–H groups in total. The fourth-order valence-electron chi connectivity index (χ4n) is 6.99. The smallest absolute Gasteiger partial charge is 0.326 e. The fourth-order valence-corrected chi connectivity index (χ4v) is 6.99. The topological polar surface area (TPSA) is 253 Å². The highest BCUT2D eigenvalue weighted by atomic mass is 16.6. The quantitative estimate of drug-likeness (QED) is 0.144. The zero-order valence-corrected chi connectivity index (χ0v) is 36.6. The largest absolute Gasteiger partial charge is 0.508 e. The Balaban J connectivity index is 2.09. The first kappa shape index (κ1) is 50.2. The molecule has 18 heteroatoms. The Labute approximate surface area is 362 Å². The van der Waals surface area contributed by atoms with Crippen LogP contribution in [0.15, 0.2) is 54.6 Å². The predicted octanol–water partition coefficient (Wildman–Crippen LogP) is 2.23. The molecule has 2 aromatic carbocycles. The van der Waals surface area contributed by atoms with Crippen molar-refractivity contribution in [3.8, 4) is 5.75 Å². The van der Waals surface area contributed by atoms with Gasteiger partial charge in [0.15, 0.2) is 0 Å². The van der Waals surface area contributed by atoms with E-state index in [1.54, 1.807) is 39.8 Å². The summed E-state index contributed by atoms with van der Waals surface area (Å²) in [6, 6.07) is 8.42. The molecule has 340 valence electrons. The molecule has 0 spiro atoms. The lowest BCUT2D eigenvalue weighted by Gasteiger charge is -2.35. The van der Waals surface area contributed by atoms with Gasteiger partial charge in [-0.2, -0.15) is 0 Å². The highest BCUT2D eigenvalue weighted by Crippen LogP contribution is 2.19. The summed E-state index contributed by atoms with van der Waals surface area (Å²) in [4.78, 5) is 111. The van der Waals surface area contributed by atoms with E-state index in [4.69, 9.17) is 4.74 Å². The molecule has 0 aliphatic carbocycles. The monoisotopic (exact) mass is 865 g/mol. The normalized spacial score (nSPS) is 22.2. The van der Waals surface area contributed by atoms with Gasteiger partial charge in [-0.3, -0.25) is 28.8 Å². The summed E-state index contributed by atoms with van der Waals surface area (Å²) >= 11 is 0. The molecule has 0 saturated carbocycles. The van der Waals surface area contributed by atoms with Crippen LogP contribution < -0.4 is 26.6 Å². The van der Waals surface area contributed by atoms with Crippen LogP contribution in [-0.2, 0) is 51.1 Å². The first-order valence-electron chi connectivity index (χ1n) is 21.0.